The van der Waals surface area contributed by atoms with Gasteiger partial charge in [-0.2, -0.15) is 0 Å². The van der Waals surface area contributed by atoms with Crippen molar-refractivity contribution in [2.24, 2.45) is 0 Å². The summed E-state index contributed by atoms with van der Waals surface area (Å²) < 4.78 is 8.67. The number of pyridine rings is 1. The molecule has 8 heteroatoms. The van der Waals surface area contributed by atoms with E-state index >= 15 is 0 Å². The molecule has 0 aliphatic rings. The lowest BCUT2D eigenvalue weighted by molar-refractivity contribution is 0.466. The Morgan fingerprint density at radius 3 is 3.05 bits per heavy atom. The van der Waals surface area contributed by atoms with Crippen LogP contribution in [0.15, 0.2) is 56.2 Å². The van der Waals surface area contributed by atoms with Gasteiger partial charge in [0, 0.05) is 22.6 Å². The molecule has 0 amide bonds. The van der Waals surface area contributed by atoms with E-state index in [0.29, 0.717) is 16.9 Å². The van der Waals surface area contributed by atoms with Gasteiger partial charge in [0.25, 0.3) is 11.1 Å². The Kier molecular flexibility index (Phi) is 3.73. The molecule has 0 bridgehead atoms. The lowest BCUT2D eigenvalue weighted by atomic mass is 10.5. The van der Waals surface area contributed by atoms with Crippen LogP contribution in [0.25, 0.3) is 16.4 Å². The van der Waals surface area contributed by atoms with Crippen LogP contribution >= 0.6 is 39.0 Å². The SMILES string of the molecule is Brc1ccc2nc(CSc3nnc(-c4cccs4)o3)cn2c1. The van der Waals surface area contributed by atoms with Crippen LogP contribution in [0.3, 0.4) is 0 Å². The van der Waals surface area contributed by atoms with Crippen LogP contribution in [0.4, 0.5) is 0 Å². The summed E-state index contributed by atoms with van der Waals surface area (Å²) in [6.07, 6.45) is 3.99. The normalized spacial score (nSPS) is 11.3. The lowest BCUT2D eigenvalue weighted by Crippen LogP contribution is -1.80. The first-order chi connectivity index (χ1) is 10.8. The van der Waals surface area contributed by atoms with E-state index in [1.54, 1.807) is 11.3 Å². The standard InChI is InChI=1S/C14H9BrN4OS2/c15-9-3-4-12-16-10(7-19(12)6-9)8-22-14-18-17-13(20-14)11-2-1-5-21-11/h1-7H,8H2. The molecule has 0 unspecified atom stereocenters. The van der Waals surface area contributed by atoms with Gasteiger partial charge < -0.3 is 8.82 Å². The topological polar surface area (TPSA) is 56.2 Å². The number of halogens is 1. The number of aromatic nitrogens is 4. The highest BCUT2D eigenvalue weighted by atomic mass is 79.9. The predicted molar refractivity (Wildman–Crippen MR) is 90.1 cm³/mol. The van der Waals surface area contributed by atoms with Gasteiger partial charge in [0.05, 0.1) is 10.6 Å². The highest BCUT2D eigenvalue weighted by molar-refractivity contribution is 9.10. The second-order valence-electron chi connectivity index (χ2n) is 4.48. The molecule has 4 aromatic heterocycles. The summed E-state index contributed by atoms with van der Waals surface area (Å²) >= 11 is 6.52. The molecule has 4 aromatic rings. The van der Waals surface area contributed by atoms with Gasteiger partial charge in [0.15, 0.2) is 0 Å². The summed E-state index contributed by atoms with van der Waals surface area (Å²) in [5.41, 5.74) is 1.89. The van der Waals surface area contributed by atoms with Gasteiger partial charge in [-0.05, 0) is 39.5 Å². The summed E-state index contributed by atoms with van der Waals surface area (Å²) in [6.45, 7) is 0. The molecular formula is C14H9BrN4OS2. The minimum atomic E-state index is 0.557. The van der Waals surface area contributed by atoms with E-state index in [4.69, 9.17) is 4.42 Å². The quantitative estimate of drug-likeness (QED) is 0.478. The van der Waals surface area contributed by atoms with E-state index in [-0.39, 0.29) is 0 Å². The van der Waals surface area contributed by atoms with E-state index in [2.05, 4.69) is 31.1 Å². The number of hydrogen-bond acceptors (Lipinski definition) is 6. The monoisotopic (exact) mass is 392 g/mol. The first-order valence-corrected chi connectivity index (χ1v) is 9.07. The molecule has 0 fully saturated rings. The Labute approximate surface area is 142 Å². The molecule has 0 radical (unpaired) electrons. The average Bonchev–Trinajstić information content (AvgIpc) is 3.24. The molecule has 0 atom stereocenters. The molecule has 5 nitrogen and oxygen atoms in total. The molecule has 0 spiro atoms. The molecule has 0 saturated heterocycles. The minimum absolute atomic E-state index is 0.557. The molecule has 0 N–H and O–H groups in total. The van der Waals surface area contributed by atoms with Gasteiger partial charge in [-0.1, -0.05) is 17.8 Å². The minimum Gasteiger partial charge on any atom is -0.410 e. The van der Waals surface area contributed by atoms with Crippen molar-refractivity contribution in [1.82, 2.24) is 19.6 Å². The van der Waals surface area contributed by atoms with Crippen LogP contribution in [-0.4, -0.2) is 19.6 Å². The fourth-order valence-electron chi connectivity index (χ4n) is 1.99. The fraction of sp³-hybridized carbons (Fsp3) is 0.0714. The van der Waals surface area contributed by atoms with Crippen LogP contribution in [-0.2, 0) is 5.75 Å². The van der Waals surface area contributed by atoms with Gasteiger partial charge in [-0.25, -0.2) is 4.98 Å². The first kappa shape index (κ1) is 14.0. The predicted octanol–water partition coefficient (Wildman–Crippen LogP) is 4.50. The van der Waals surface area contributed by atoms with Gasteiger partial charge in [0.1, 0.15) is 5.65 Å². The van der Waals surface area contributed by atoms with Gasteiger partial charge in [0.2, 0.25) is 0 Å². The smallest absolute Gasteiger partial charge is 0.277 e. The number of hydrogen-bond donors (Lipinski definition) is 0. The molecular weight excluding hydrogens is 384 g/mol. The third kappa shape index (κ3) is 2.81. The van der Waals surface area contributed by atoms with Crippen molar-refractivity contribution in [1.29, 1.82) is 0 Å². The summed E-state index contributed by atoms with van der Waals surface area (Å²) in [7, 11) is 0. The van der Waals surface area contributed by atoms with Crippen LogP contribution in [0, 0.1) is 0 Å². The molecule has 0 aliphatic heterocycles. The zero-order valence-electron chi connectivity index (χ0n) is 11.1. The molecule has 4 heterocycles. The zero-order valence-corrected chi connectivity index (χ0v) is 14.4. The maximum atomic E-state index is 5.65. The van der Waals surface area contributed by atoms with E-state index in [9.17, 15) is 0 Å². The molecule has 4 rings (SSSR count). The zero-order chi connectivity index (χ0) is 14.9. The van der Waals surface area contributed by atoms with Gasteiger partial charge in [-0.3, -0.25) is 0 Å². The average molecular weight is 393 g/mol. The van der Waals surface area contributed by atoms with Crippen molar-refractivity contribution in [2.45, 2.75) is 11.0 Å². The van der Waals surface area contributed by atoms with Crippen molar-refractivity contribution < 1.29 is 4.42 Å². The highest BCUT2D eigenvalue weighted by Crippen LogP contribution is 2.28. The number of imidazole rings is 1. The lowest BCUT2D eigenvalue weighted by Gasteiger charge is -1.91. The number of rotatable bonds is 4. The van der Waals surface area contributed by atoms with Crippen molar-refractivity contribution in [2.75, 3.05) is 0 Å². The van der Waals surface area contributed by atoms with Crippen LogP contribution < -0.4 is 0 Å². The fourth-order valence-corrected chi connectivity index (χ4v) is 3.63. The summed E-state index contributed by atoms with van der Waals surface area (Å²) in [5, 5.41) is 10.7. The summed E-state index contributed by atoms with van der Waals surface area (Å²) in [5.74, 6) is 1.25. The second-order valence-corrected chi connectivity index (χ2v) is 7.27. The highest BCUT2D eigenvalue weighted by Gasteiger charge is 2.11. The van der Waals surface area contributed by atoms with E-state index in [0.717, 1.165) is 20.7 Å². The van der Waals surface area contributed by atoms with Gasteiger partial charge in [-0.15, -0.1) is 21.5 Å². The molecule has 0 aromatic carbocycles. The summed E-state index contributed by atoms with van der Waals surface area (Å²) in [6, 6.07) is 7.88. The molecule has 0 saturated carbocycles. The third-order valence-corrected chi connectivity index (χ3v) is 5.13. The Morgan fingerprint density at radius 1 is 1.23 bits per heavy atom. The Morgan fingerprint density at radius 2 is 2.18 bits per heavy atom. The molecule has 0 aliphatic carbocycles. The Hall–Kier alpha value is -1.64. The second kappa shape index (κ2) is 5.86. The number of thiophene rings is 1. The number of thioether (sulfide) groups is 1. The van der Waals surface area contributed by atoms with E-state index in [1.165, 1.54) is 11.8 Å². The van der Waals surface area contributed by atoms with Crippen molar-refractivity contribution in [3.63, 3.8) is 0 Å². The van der Waals surface area contributed by atoms with Crippen LogP contribution in [0.1, 0.15) is 5.69 Å². The molecule has 110 valence electrons. The van der Waals surface area contributed by atoms with Crippen molar-refractivity contribution in [3.8, 4) is 10.8 Å². The van der Waals surface area contributed by atoms with Crippen molar-refractivity contribution in [3.05, 3.63) is 52.2 Å². The summed E-state index contributed by atoms with van der Waals surface area (Å²) in [4.78, 5) is 5.54. The Bertz CT molecular complexity index is 916. The maximum Gasteiger partial charge on any atom is 0.277 e. The molecule has 22 heavy (non-hydrogen) atoms. The van der Waals surface area contributed by atoms with Crippen molar-refractivity contribution >= 4 is 44.7 Å². The number of fused-ring (bicyclic) bond motifs is 1. The maximum absolute atomic E-state index is 5.65. The van der Waals surface area contributed by atoms with E-state index in [1.807, 2.05) is 46.4 Å². The van der Waals surface area contributed by atoms with Crippen LogP contribution in [0.2, 0.25) is 0 Å². The number of nitrogens with zero attached hydrogens (tertiary/aromatic N) is 4. The van der Waals surface area contributed by atoms with Gasteiger partial charge >= 0.3 is 0 Å². The van der Waals surface area contributed by atoms with E-state index < -0.39 is 0 Å². The third-order valence-electron chi connectivity index (χ3n) is 2.95. The largest absolute Gasteiger partial charge is 0.410 e. The van der Waals surface area contributed by atoms with Crippen LogP contribution in [0.5, 0.6) is 0 Å². The Balaban J connectivity index is 1.49. The first-order valence-electron chi connectivity index (χ1n) is 6.41.